The average molecular weight is 425 g/mol. The van der Waals surface area contributed by atoms with E-state index in [-0.39, 0.29) is 43.2 Å². The van der Waals surface area contributed by atoms with Gasteiger partial charge in [-0.3, -0.25) is 9.46 Å². The van der Waals surface area contributed by atoms with Crippen LogP contribution in [0.1, 0.15) is 31.2 Å². The normalized spacial score (nSPS) is 23.9. The molecule has 2 saturated heterocycles. The number of fused-ring (bicyclic) bond motifs is 2. The van der Waals surface area contributed by atoms with Crippen molar-refractivity contribution in [1.29, 1.82) is 0 Å². The molecule has 0 aliphatic carbocycles. The zero-order valence-electron chi connectivity index (χ0n) is 14.9. The van der Waals surface area contributed by atoms with Crippen molar-refractivity contribution < 1.29 is 14.3 Å². The predicted octanol–water partition coefficient (Wildman–Crippen LogP) is 4.35. The molecule has 0 aromatic heterocycles. The summed E-state index contributed by atoms with van der Waals surface area (Å²) < 4.78 is 6.98. The molecule has 3 atom stereocenters. The highest BCUT2D eigenvalue weighted by atomic mass is 35.5. The zero-order chi connectivity index (χ0) is 19.4. The molecule has 5 nitrogen and oxygen atoms in total. The smallest absolute Gasteiger partial charge is 0.410 e. The fourth-order valence-electron chi connectivity index (χ4n) is 4.07. The summed E-state index contributed by atoms with van der Waals surface area (Å²) in [5, 5.41) is 0.618. The number of hydrogen-bond donors (Lipinski definition) is 0. The van der Waals surface area contributed by atoms with E-state index in [0.29, 0.717) is 12.5 Å². The Bertz CT molecular complexity index is 733. The topological polar surface area (TPSA) is 49.9 Å². The van der Waals surface area contributed by atoms with Gasteiger partial charge in [0.15, 0.2) is 0 Å². The van der Waals surface area contributed by atoms with Crippen LogP contribution in [0.15, 0.2) is 36.9 Å². The van der Waals surface area contributed by atoms with Crippen molar-refractivity contribution in [2.24, 2.45) is 0 Å². The third kappa shape index (κ3) is 4.68. The minimum atomic E-state index is -0.284. The average Bonchev–Trinajstić information content (AvgIpc) is 2.91. The summed E-state index contributed by atoms with van der Waals surface area (Å²) in [7, 11) is 0.519. The Balaban J connectivity index is 1.66. The molecule has 2 amide bonds. The first-order valence-corrected chi connectivity index (χ1v) is 11.2. The Morgan fingerprint density at radius 2 is 2.07 bits per heavy atom. The lowest BCUT2D eigenvalue weighted by molar-refractivity contribution is -0.127. The maximum Gasteiger partial charge on any atom is 0.410 e. The number of halogens is 1. The predicted molar refractivity (Wildman–Crippen MR) is 110 cm³/mol. The van der Waals surface area contributed by atoms with Crippen molar-refractivity contribution in [2.75, 3.05) is 6.61 Å². The van der Waals surface area contributed by atoms with Gasteiger partial charge in [0.1, 0.15) is 6.61 Å². The summed E-state index contributed by atoms with van der Waals surface area (Å²) in [5.41, 5.74) is 0.879. The Morgan fingerprint density at radius 1 is 1.37 bits per heavy atom. The molecule has 0 radical (unpaired) electrons. The minimum Gasteiger partial charge on any atom is -0.445 e. The molecule has 0 saturated carbocycles. The van der Waals surface area contributed by atoms with Crippen LogP contribution in [0.2, 0.25) is 5.02 Å². The van der Waals surface area contributed by atoms with E-state index in [9.17, 15) is 9.59 Å². The summed E-state index contributed by atoms with van der Waals surface area (Å²) in [4.78, 5) is 27.0. The first-order valence-electron chi connectivity index (χ1n) is 8.99. The van der Waals surface area contributed by atoms with Crippen LogP contribution in [0.4, 0.5) is 4.79 Å². The molecular weight excluding hydrogens is 403 g/mol. The van der Waals surface area contributed by atoms with Crippen LogP contribution in [0.5, 0.6) is 0 Å². The Labute approximate surface area is 171 Å². The van der Waals surface area contributed by atoms with E-state index >= 15 is 0 Å². The van der Waals surface area contributed by atoms with E-state index in [2.05, 4.69) is 6.58 Å². The van der Waals surface area contributed by atoms with Crippen LogP contribution < -0.4 is 0 Å². The maximum absolute atomic E-state index is 12.8. The van der Waals surface area contributed by atoms with Crippen molar-refractivity contribution in [3.05, 3.63) is 47.5 Å². The van der Waals surface area contributed by atoms with Crippen molar-refractivity contribution in [2.45, 2.75) is 50.2 Å². The second-order valence-corrected chi connectivity index (χ2v) is 8.43. The van der Waals surface area contributed by atoms with Crippen molar-refractivity contribution in [3.63, 3.8) is 0 Å². The zero-order valence-corrected chi connectivity index (χ0v) is 17.4. The Morgan fingerprint density at radius 3 is 2.67 bits per heavy atom. The van der Waals surface area contributed by atoms with Crippen LogP contribution in [0, 0.1) is 0 Å². The van der Waals surface area contributed by atoms with Gasteiger partial charge in [-0.25, -0.2) is 4.79 Å². The van der Waals surface area contributed by atoms with Crippen LogP contribution in [-0.4, -0.2) is 46.3 Å². The van der Waals surface area contributed by atoms with Gasteiger partial charge in [-0.2, -0.15) is 0 Å². The lowest BCUT2D eigenvalue weighted by atomic mass is 9.97. The number of ether oxygens (including phenoxy) is 1. The minimum absolute atomic E-state index is 0.000942. The molecule has 2 heterocycles. The molecule has 2 fully saturated rings. The SMILES string of the molecule is C=CCOC(=O)N1[C@@H]2CC[C@H]1CC(N(P=S)C(=O)Cc1cccc(Cl)c1)C2. The molecule has 1 aromatic rings. The molecule has 8 heteroatoms. The number of rotatable bonds is 6. The van der Waals surface area contributed by atoms with Gasteiger partial charge in [0.05, 0.1) is 13.9 Å². The first kappa shape index (κ1) is 20.2. The van der Waals surface area contributed by atoms with E-state index in [1.807, 2.05) is 17.0 Å². The number of nitrogens with zero attached hydrogens (tertiary/aromatic N) is 2. The van der Waals surface area contributed by atoms with Gasteiger partial charge < -0.3 is 9.64 Å². The number of hydrogen-bond acceptors (Lipinski definition) is 4. The molecule has 2 aliphatic rings. The van der Waals surface area contributed by atoms with Crippen LogP contribution in [0.3, 0.4) is 0 Å². The van der Waals surface area contributed by atoms with Gasteiger partial charge in [0, 0.05) is 23.1 Å². The van der Waals surface area contributed by atoms with Gasteiger partial charge in [0.2, 0.25) is 5.91 Å². The second kappa shape index (κ2) is 9.13. The lowest BCUT2D eigenvalue weighted by Crippen LogP contribution is -2.52. The molecule has 27 heavy (non-hydrogen) atoms. The molecule has 144 valence electrons. The summed E-state index contributed by atoms with van der Waals surface area (Å²) in [6.07, 6.45) is 4.92. The number of amides is 2. The second-order valence-electron chi connectivity index (χ2n) is 6.91. The maximum atomic E-state index is 12.8. The van der Waals surface area contributed by atoms with E-state index in [1.54, 1.807) is 22.9 Å². The fraction of sp³-hybridized carbons (Fsp3) is 0.474. The van der Waals surface area contributed by atoms with Gasteiger partial charge in [-0.1, -0.05) is 36.4 Å². The molecule has 0 N–H and O–H groups in total. The van der Waals surface area contributed by atoms with Crippen LogP contribution in [-0.2, 0) is 27.8 Å². The highest BCUT2D eigenvalue weighted by molar-refractivity contribution is 7.95. The summed E-state index contributed by atoms with van der Waals surface area (Å²) in [5.74, 6) is 0.000942. The molecule has 3 rings (SSSR count). The number of carbonyl (C=O) groups is 2. The highest BCUT2D eigenvalue weighted by Gasteiger charge is 2.46. The standard InChI is InChI=1S/C19H22ClN2O3PS/c1-2-8-25-19(24)21-15-6-7-16(21)12-17(11-15)22(26-27)18(23)10-13-4-3-5-14(20)9-13/h2-5,9,15-17H,1,6-8,10-12H2/t15-,16+,17?. The van der Waals surface area contributed by atoms with Gasteiger partial charge >= 0.3 is 6.09 Å². The van der Waals surface area contributed by atoms with E-state index < -0.39 is 0 Å². The molecular formula is C19H22ClN2O3PS. The molecule has 1 aromatic carbocycles. The molecule has 2 aliphatic heterocycles. The summed E-state index contributed by atoms with van der Waals surface area (Å²) in [6.45, 7) is 3.79. The number of piperidine rings is 1. The van der Waals surface area contributed by atoms with Gasteiger partial charge in [-0.05, 0) is 55.2 Å². The summed E-state index contributed by atoms with van der Waals surface area (Å²) in [6, 6.07) is 7.58. The van der Waals surface area contributed by atoms with Gasteiger partial charge in [-0.15, -0.1) is 0 Å². The van der Waals surface area contributed by atoms with E-state index in [1.165, 1.54) is 0 Å². The molecule has 0 spiro atoms. The van der Waals surface area contributed by atoms with Gasteiger partial charge in [0.25, 0.3) is 0 Å². The van der Waals surface area contributed by atoms with Crippen molar-refractivity contribution in [3.8, 4) is 0 Å². The Kier molecular flexibility index (Phi) is 6.85. The van der Waals surface area contributed by atoms with Crippen molar-refractivity contribution in [1.82, 2.24) is 9.57 Å². The summed E-state index contributed by atoms with van der Waals surface area (Å²) >= 11 is 11.3. The highest BCUT2D eigenvalue weighted by Crippen LogP contribution is 2.39. The van der Waals surface area contributed by atoms with Crippen LogP contribution >= 0.6 is 19.1 Å². The fourth-order valence-corrected chi connectivity index (χ4v) is 5.44. The molecule has 2 bridgehead atoms. The van der Waals surface area contributed by atoms with E-state index in [0.717, 1.165) is 31.2 Å². The third-order valence-corrected chi connectivity index (χ3v) is 6.67. The lowest BCUT2D eigenvalue weighted by Gasteiger charge is -2.41. The first-order chi connectivity index (χ1) is 13.0. The molecule has 1 unspecified atom stereocenters. The largest absolute Gasteiger partial charge is 0.445 e. The number of carbonyl (C=O) groups excluding carboxylic acids is 2. The van der Waals surface area contributed by atoms with Crippen molar-refractivity contribution >= 4 is 42.9 Å². The van der Waals surface area contributed by atoms with E-state index in [4.69, 9.17) is 28.1 Å². The third-order valence-electron chi connectivity index (χ3n) is 5.18. The monoisotopic (exact) mass is 424 g/mol. The number of benzene rings is 1. The van der Waals surface area contributed by atoms with Crippen LogP contribution in [0.25, 0.3) is 0 Å². The Hall–Kier alpha value is -1.49. The quantitative estimate of drug-likeness (QED) is 0.503.